The first-order chi connectivity index (χ1) is 11.0. The highest BCUT2D eigenvalue weighted by Gasteiger charge is 2.09. The Hall–Kier alpha value is -2.96. The van der Waals surface area contributed by atoms with E-state index in [-0.39, 0.29) is 5.69 Å². The maximum Gasteiger partial charge on any atom is 0.270 e. The first kappa shape index (κ1) is 15.0. The number of nitro groups is 1. The van der Waals surface area contributed by atoms with Gasteiger partial charge in [0.05, 0.1) is 23.0 Å². The number of hydrogen-bond donors (Lipinski definition) is 1. The van der Waals surface area contributed by atoms with Crippen LogP contribution in [0.3, 0.4) is 0 Å². The third-order valence-electron chi connectivity index (χ3n) is 3.39. The molecule has 3 rings (SSSR count). The lowest BCUT2D eigenvalue weighted by atomic mass is 10.1. The van der Waals surface area contributed by atoms with Gasteiger partial charge < -0.3 is 9.72 Å². The lowest BCUT2D eigenvalue weighted by Crippen LogP contribution is -2.07. The van der Waals surface area contributed by atoms with Crippen LogP contribution in [0.4, 0.5) is 11.5 Å². The summed E-state index contributed by atoms with van der Waals surface area (Å²) in [5.41, 5.74) is 2.14. The molecule has 0 fully saturated rings. The van der Waals surface area contributed by atoms with Crippen molar-refractivity contribution < 1.29 is 4.92 Å². The first-order valence-corrected chi connectivity index (χ1v) is 7.36. The van der Waals surface area contributed by atoms with Gasteiger partial charge in [-0.1, -0.05) is 26.0 Å². The number of hydrogen-bond acceptors (Lipinski definition) is 5. The summed E-state index contributed by atoms with van der Waals surface area (Å²) in [6, 6.07) is 6.44. The smallest absolute Gasteiger partial charge is 0.270 e. The van der Waals surface area contributed by atoms with Gasteiger partial charge in [-0.15, -0.1) is 0 Å². The van der Waals surface area contributed by atoms with Crippen LogP contribution >= 0.6 is 0 Å². The van der Waals surface area contributed by atoms with Gasteiger partial charge in [0, 0.05) is 30.4 Å². The summed E-state index contributed by atoms with van der Waals surface area (Å²) in [6.45, 7) is 5.10. The Morgan fingerprint density at radius 2 is 2.17 bits per heavy atom. The van der Waals surface area contributed by atoms with Crippen LogP contribution in [0.25, 0.3) is 16.9 Å². The van der Waals surface area contributed by atoms with Gasteiger partial charge in [0.2, 0.25) is 0 Å². The highest BCUT2D eigenvalue weighted by Crippen LogP contribution is 2.22. The second kappa shape index (κ2) is 6.04. The molecule has 2 heterocycles. The number of nitro benzene ring substituents is 1. The molecule has 0 aliphatic heterocycles. The summed E-state index contributed by atoms with van der Waals surface area (Å²) in [4.78, 5) is 19.3. The van der Waals surface area contributed by atoms with E-state index in [0.29, 0.717) is 17.2 Å². The molecule has 0 spiro atoms. The topological polar surface area (TPSA) is 85.4 Å². The number of nitrogens with one attached hydrogen (secondary N) is 1. The van der Waals surface area contributed by atoms with Crippen molar-refractivity contribution in [1.29, 1.82) is 0 Å². The van der Waals surface area contributed by atoms with E-state index in [1.54, 1.807) is 18.3 Å². The van der Waals surface area contributed by atoms with E-state index in [2.05, 4.69) is 29.1 Å². The van der Waals surface area contributed by atoms with E-state index >= 15 is 0 Å². The van der Waals surface area contributed by atoms with E-state index < -0.39 is 4.92 Å². The number of fused-ring (bicyclic) bond motifs is 1. The average molecular weight is 311 g/mol. The van der Waals surface area contributed by atoms with Gasteiger partial charge in [-0.2, -0.15) is 0 Å². The molecule has 0 amide bonds. The Kier molecular flexibility index (Phi) is 3.92. The second-order valence-electron chi connectivity index (χ2n) is 5.75. The zero-order chi connectivity index (χ0) is 16.4. The highest BCUT2D eigenvalue weighted by atomic mass is 16.6. The van der Waals surface area contributed by atoms with Crippen LogP contribution in [0.5, 0.6) is 0 Å². The molecule has 0 saturated heterocycles. The molecule has 0 unspecified atom stereocenters. The number of rotatable bonds is 5. The van der Waals surface area contributed by atoms with E-state index in [1.807, 2.05) is 16.8 Å². The molecule has 1 aromatic carbocycles. The van der Waals surface area contributed by atoms with Crippen molar-refractivity contribution in [3.05, 3.63) is 53.0 Å². The van der Waals surface area contributed by atoms with Crippen molar-refractivity contribution in [3.8, 4) is 11.3 Å². The fraction of sp³-hybridized carbons (Fsp3) is 0.250. The monoisotopic (exact) mass is 311 g/mol. The van der Waals surface area contributed by atoms with Crippen molar-refractivity contribution in [3.63, 3.8) is 0 Å². The quantitative estimate of drug-likeness (QED) is 0.576. The molecule has 23 heavy (non-hydrogen) atoms. The van der Waals surface area contributed by atoms with Gasteiger partial charge >= 0.3 is 0 Å². The molecule has 1 N–H and O–H groups in total. The van der Waals surface area contributed by atoms with Crippen LogP contribution < -0.4 is 5.32 Å². The van der Waals surface area contributed by atoms with Gasteiger partial charge in [0.25, 0.3) is 5.69 Å². The Bertz CT molecular complexity index is 857. The van der Waals surface area contributed by atoms with Crippen molar-refractivity contribution >= 4 is 17.2 Å². The third-order valence-corrected chi connectivity index (χ3v) is 3.39. The Balaban J connectivity index is 1.93. The summed E-state index contributed by atoms with van der Waals surface area (Å²) >= 11 is 0. The molecular weight excluding hydrogens is 294 g/mol. The fourth-order valence-electron chi connectivity index (χ4n) is 2.22. The molecule has 7 heteroatoms. The maximum atomic E-state index is 10.9. The number of non-ortho nitro benzene ring substituents is 1. The van der Waals surface area contributed by atoms with E-state index in [0.717, 1.165) is 18.0 Å². The van der Waals surface area contributed by atoms with Gasteiger partial charge in [-0.3, -0.25) is 15.1 Å². The van der Waals surface area contributed by atoms with Crippen LogP contribution in [0.15, 0.2) is 42.9 Å². The SMILES string of the molecule is CC(C)CNc1cn2cc(-c3cccc([N+](=O)[O-])c3)ncc2n1. The minimum Gasteiger partial charge on any atom is -0.369 e. The number of aromatic nitrogens is 3. The highest BCUT2D eigenvalue weighted by molar-refractivity contribution is 5.63. The largest absolute Gasteiger partial charge is 0.369 e. The van der Waals surface area contributed by atoms with Crippen LogP contribution in [0.1, 0.15) is 13.8 Å². The van der Waals surface area contributed by atoms with Crippen LogP contribution in [0.2, 0.25) is 0 Å². The molecule has 2 aromatic heterocycles. The summed E-state index contributed by atoms with van der Waals surface area (Å²) in [6.07, 6.45) is 5.37. The average Bonchev–Trinajstić information content (AvgIpc) is 2.95. The molecule has 0 aliphatic carbocycles. The number of benzene rings is 1. The second-order valence-corrected chi connectivity index (χ2v) is 5.75. The van der Waals surface area contributed by atoms with Crippen LogP contribution in [0, 0.1) is 16.0 Å². The molecule has 0 atom stereocenters. The zero-order valence-corrected chi connectivity index (χ0v) is 12.9. The van der Waals surface area contributed by atoms with E-state index in [1.165, 1.54) is 12.1 Å². The van der Waals surface area contributed by atoms with Crippen molar-refractivity contribution in [1.82, 2.24) is 14.4 Å². The molecule has 118 valence electrons. The third kappa shape index (κ3) is 3.28. The number of anilines is 1. The standard InChI is InChI=1S/C16H17N5O2/c1-11(2)7-18-15-10-20-9-14(17-8-16(20)19-15)12-4-3-5-13(6-12)21(22)23/h3-6,8-11,18H,7H2,1-2H3. The normalized spacial score (nSPS) is 11.1. The molecule has 7 nitrogen and oxygen atoms in total. The Labute approximate surface area is 133 Å². The van der Waals surface area contributed by atoms with Crippen LogP contribution in [-0.4, -0.2) is 25.8 Å². The minimum atomic E-state index is -0.410. The van der Waals surface area contributed by atoms with Gasteiger partial charge in [-0.05, 0) is 5.92 Å². The summed E-state index contributed by atoms with van der Waals surface area (Å²) < 4.78 is 1.86. The molecule has 3 aromatic rings. The lowest BCUT2D eigenvalue weighted by molar-refractivity contribution is -0.384. The minimum absolute atomic E-state index is 0.0503. The van der Waals surface area contributed by atoms with E-state index in [9.17, 15) is 10.1 Å². The number of imidazole rings is 1. The maximum absolute atomic E-state index is 10.9. The first-order valence-electron chi connectivity index (χ1n) is 7.36. The molecule has 0 aliphatic rings. The van der Waals surface area contributed by atoms with Crippen molar-refractivity contribution in [2.75, 3.05) is 11.9 Å². The predicted octanol–water partition coefficient (Wildman–Crippen LogP) is 3.37. The van der Waals surface area contributed by atoms with Gasteiger partial charge in [-0.25, -0.2) is 4.98 Å². The Morgan fingerprint density at radius 3 is 2.91 bits per heavy atom. The molecule has 0 saturated carbocycles. The summed E-state index contributed by atoms with van der Waals surface area (Å²) in [5, 5.41) is 14.2. The summed E-state index contributed by atoms with van der Waals surface area (Å²) in [7, 11) is 0. The Morgan fingerprint density at radius 1 is 1.35 bits per heavy atom. The summed E-state index contributed by atoms with van der Waals surface area (Å²) in [5.74, 6) is 1.31. The predicted molar refractivity (Wildman–Crippen MR) is 88.4 cm³/mol. The van der Waals surface area contributed by atoms with Crippen LogP contribution in [-0.2, 0) is 0 Å². The zero-order valence-electron chi connectivity index (χ0n) is 12.9. The lowest BCUT2D eigenvalue weighted by Gasteiger charge is -2.04. The van der Waals surface area contributed by atoms with Crippen molar-refractivity contribution in [2.24, 2.45) is 5.92 Å². The molecule has 0 radical (unpaired) electrons. The molecule has 0 bridgehead atoms. The van der Waals surface area contributed by atoms with Crippen molar-refractivity contribution in [2.45, 2.75) is 13.8 Å². The van der Waals surface area contributed by atoms with E-state index in [4.69, 9.17) is 0 Å². The van der Waals surface area contributed by atoms with Gasteiger partial charge in [0.1, 0.15) is 5.82 Å². The van der Waals surface area contributed by atoms with Gasteiger partial charge in [0.15, 0.2) is 5.65 Å². The molecular formula is C16H17N5O2. The fourth-order valence-corrected chi connectivity index (χ4v) is 2.22. The number of nitrogens with zero attached hydrogens (tertiary/aromatic N) is 4.